The molecule has 0 amide bonds. The fourth-order valence-electron chi connectivity index (χ4n) is 4.42. The predicted molar refractivity (Wildman–Crippen MR) is 99.3 cm³/mol. The van der Waals surface area contributed by atoms with Crippen LogP contribution in [0.3, 0.4) is 0 Å². The molecule has 0 aromatic heterocycles. The Morgan fingerprint density at radius 3 is 1.48 bits per heavy atom. The first-order valence-electron chi connectivity index (χ1n) is 8.44. The third-order valence-corrected chi connectivity index (χ3v) is 4.90. The van der Waals surface area contributed by atoms with Gasteiger partial charge in [-0.15, -0.1) is 0 Å². The standard InChI is InChI=1S/C21H30N2/c1-16(2)19(20(3,4)23)21(15-22,17-11-7-5-8-12-17)18-13-9-6-10-14-18/h5-14,16,19H,15,22-23H2,1-4H3. The Morgan fingerprint density at radius 1 is 0.826 bits per heavy atom. The summed E-state index contributed by atoms with van der Waals surface area (Å²) in [6.07, 6.45) is 0. The summed E-state index contributed by atoms with van der Waals surface area (Å²) in [5.74, 6) is 0.615. The van der Waals surface area contributed by atoms with Crippen molar-refractivity contribution >= 4 is 0 Å². The maximum absolute atomic E-state index is 6.66. The molecule has 2 aromatic rings. The molecular weight excluding hydrogens is 280 g/mol. The summed E-state index contributed by atoms with van der Waals surface area (Å²) in [5.41, 5.74) is 15.0. The van der Waals surface area contributed by atoms with Gasteiger partial charge in [0.2, 0.25) is 0 Å². The maximum atomic E-state index is 6.66. The summed E-state index contributed by atoms with van der Waals surface area (Å²) in [7, 11) is 0. The van der Waals surface area contributed by atoms with Gasteiger partial charge in [0.1, 0.15) is 0 Å². The molecule has 0 heterocycles. The Kier molecular flexibility index (Phi) is 5.28. The molecule has 4 N–H and O–H groups in total. The molecule has 0 bridgehead atoms. The van der Waals surface area contributed by atoms with Gasteiger partial charge >= 0.3 is 0 Å². The monoisotopic (exact) mass is 310 g/mol. The van der Waals surface area contributed by atoms with Gasteiger partial charge in [-0.25, -0.2) is 0 Å². The van der Waals surface area contributed by atoms with E-state index in [0.29, 0.717) is 12.5 Å². The highest BCUT2D eigenvalue weighted by Crippen LogP contribution is 2.46. The van der Waals surface area contributed by atoms with Crippen LogP contribution in [-0.4, -0.2) is 12.1 Å². The number of benzene rings is 2. The third kappa shape index (κ3) is 3.34. The summed E-state index contributed by atoms with van der Waals surface area (Å²) in [5, 5.41) is 0. The van der Waals surface area contributed by atoms with Gasteiger partial charge in [-0.2, -0.15) is 0 Å². The zero-order chi connectivity index (χ0) is 17.1. The fourth-order valence-corrected chi connectivity index (χ4v) is 4.42. The Hall–Kier alpha value is -1.64. The largest absolute Gasteiger partial charge is 0.329 e. The van der Waals surface area contributed by atoms with Crippen LogP contribution in [0.5, 0.6) is 0 Å². The lowest BCUT2D eigenvalue weighted by Gasteiger charge is -2.49. The lowest BCUT2D eigenvalue weighted by Crippen LogP contribution is -2.57. The first-order chi connectivity index (χ1) is 10.8. The van der Waals surface area contributed by atoms with Crippen molar-refractivity contribution < 1.29 is 0 Å². The van der Waals surface area contributed by atoms with Gasteiger partial charge in [-0.3, -0.25) is 0 Å². The van der Waals surface area contributed by atoms with Gasteiger partial charge in [0.15, 0.2) is 0 Å². The Bertz CT molecular complexity index is 557. The maximum Gasteiger partial charge on any atom is 0.0372 e. The molecule has 2 nitrogen and oxygen atoms in total. The number of rotatable bonds is 6. The summed E-state index contributed by atoms with van der Waals surface area (Å²) in [6, 6.07) is 21.2. The second-order valence-corrected chi connectivity index (χ2v) is 7.45. The van der Waals surface area contributed by atoms with Gasteiger partial charge in [0.05, 0.1) is 0 Å². The third-order valence-electron chi connectivity index (χ3n) is 4.90. The molecule has 0 radical (unpaired) electrons. The molecule has 0 fully saturated rings. The van der Waals surface area contributed by atoms with E-state index < -0.39 is 0 Å². The molecule has 2 heteroatoms. The van der Waals surface area contributed by atoms with Crippen LogP contribution in [0.1, 0.15) is 38.8 Å². The number of hydrogen-bond donors (Lipinski definition) is 2. The van der Waals surface area contributed by atoms with Crippen molar-refractivity contribution in [3.8, 4) is 0 Å². The van der Waals surface area contributed by atoms with E-state index in [4.69, 9.17) is 11.5 Å². The van der Waals surface area contributed by atoms with Crippen LogP contribution >= 0.6 is 0 Å². The van der Waals surface area contributed by atoms with Gasteiger partial charge in [0.25, 0.3) is 0 Å². The molecule has 1 atom stereocenters. The van der Waals surface area contributed by atoms with Gasteiger partial charge < -0.3 is 11.5 Å². The molecule has 2 aromatic carbocycles. The summed E-state index contributed by atoms with van der Waals surface area (Å²) < 4.78 is 0. The number of nitrogens with two attached hydrogens (primary N) is 2. The van der Waals surface area contributed by atoms with Crippen LogP contribution in [0.2, 0.25) is 0 Å². The van der Waals surface area contributed by atoms with Crippen LogP contribution in [0.15, 0.2) is 60.7 Å². The Morgan fingerprint density at radius 2 is 1.22 bits per heavy atom. The summed E-state index contributed by atoms with van der Waals surface area (Å²) >= 11 is 0. The smallest absolute Gasteiger partial charge is 0.0372 e. The van der Waals surface area contributed by atoms with Crippen molar-refractivity contribution in [2.24, 2.45) is 23.3 Å². The molecule has 0 aliphatic carbocycles. The first kappa shape index (κ1) is 17.7. The topological polar surface area (TPSA) is 52.0 Å². The zero-order valence-electron chi connectivity index (χ0n) is 14.8. The highest BCUT2D eigenvalue weighted by Gasteiger charge is 2.48. The predicted octanol–water partition coefficient (Wildman–Crippen LogP) is 3.94. The van der Waals surface area contributed by atoms with E-state index in [0.717, 1.165) is 0 Å². The minimum Gasteiger partial charge on any atom is -0.329 e. The van der Waals surface area contributed by atoms with E-state index in [2.05, 4.69) is 76.2 Å². The SMILES string of the molecule is CC(C)C(C(C)(C)N)C(CN)(c1ccccc1)c1ccccc1. The molecule has 0 saturated carbocycles. The summed E-state index contributed by atoms with van der Waals surface area (Å²) in [4.78, 5) is 0. The molecule has 23 heavy (non-hydrogen) atoms. The lowest BCUT2D eigenvalue weighted by atomic mass is 9.57. The van der Waals surface area contributed by atoms with Crippen molar-refractivity contribution in [2.75, 3.05) is 6.54 Å². The molecule has 0 aliphatic heterocycles. The van der Waals surface area contributed by atoms with Crippen molar-refractivity contribution in [1.82, 2.24) is 0 Å². The van der Waals surface area contributed by atoms with E-state index in [9.17, 15) is 0 Å². The average molecular weight is 310 g/mol. The van der Waals surface area contributed by atoms with E-state index >= 15 is 0 Å². The highest BCUT2D eigenvalue weighted by atomic mass is 14.8. The molecule has 2 rings (SSSR count). The van der Waals surface area contributed by atoms with Crippen molar-refractivity contribution in [3.05, 3.63) is 71.8 Å². The van der Waals surface area contributed by atoms with Crippen molar-refractivity contribution in [1.29, 1.82) is 0 Å². The second kappa shape index (κ2) is 6.86. The second-order valence-electron chi connectivity index (χ2n) is 7.45. The zero-order valence-corrected chi connectivity index (χ0v) is 14.8. The van der Waals surface area contributed by atoms with E-state index in [1.807, 2.05) is 12.1 Å². The first-order valence-corrected chi connectivity index (χ1v) is 8.44. The molecule has 0 spiro atoms. The van der Waals surface area contributed by atoms with Crippen LogP contribution < -0.4 is 11.5 Å². The van der Waals surface area contributed by atoms with Gasteiger partial charge in [0, 0.05) is 17.5 Å². The summed E-state index contributed by atoms with van der Waals surface area (Å²) in [6.45, 7) is 9.26. The van der Waals surface area contributed by atoms with E-state index in [1.54, 1.807) is 0 Å². The minimum atomic E-state index is -0.348. The van der Waals surface area contributed by atoms with Crippen LogP contribution in [0, 0.1) is 11.8 Å². The lowest BCUT2D eigenvalue weighted by molar-refractivity contribution is 0.152. The molecular formula is C21H30N2. The van der Waals surface area contributed by atoms with Crippen LogP contribution in [0.25, 0.3) is 0 Å². The van der Waals surface area contributed by atoms with Gasteiger partial charge in [-0.05, 0) is 36.8 Å². The number of hydrogen-bond acceptors (Lipinski definition) is 2. The molecule has 0 saturated heterocycles. The molecule has 124 valence electrons. The Labute approximate surface area is 140 Å². The molecule has 0 aliphatic rings. The fraction of sp³-hybridized carbons (Fsp3) is 0.429. The average Bonchev–Trinajstić information content (AvgIpc) is 2.52. The van der Waals surface area contributed by atoms with Crippen LogP contribution in [-0.2, 0) is 5.41 Å². The van der Waals surface area contributed by atoms with E-state index in [1.165, 1.54) is 11.1 Å². The van der Waals surface area contributed by atoms with E-state index in [-0.39, 0.29) is 16.9 Å². The van der Waals surface area contributed by atoms with Crippen LogP contribution in [0.4, 0.5) is 0 Å². The van der Waals surface area contributed by atoms with Gasteiger partial charge in [-0.1, -0.05) is 74.5 Å². The quantitative estimate of drug-likeness (QED) is 0.849. The highest BCUT2D eigenvalue weighted by molar-refractivity contribution is 5.42. The minimum absolute atomic E-state index is 0.213. The molecule has 1 unspecified atom stereocenters. The normalized spacial score (nSPS) is 14.0. The Balaban J connectivity index is 2.78. The van der Waals surface area contributed by atoms with Crippen molar-refractivity contribution in [2.45, 2.75) is 38.6 Å². The van der Waals surface area contributed by atoms with Crippen molar-refractivity contribution in [3.63, 3.8) is 0 Å².